The molecule has 0 N–H and O–H groups in total. The first kappa shape index (κ1) is 15.1. The van der Waals surface area contributed by atoms with Crippen LogP contribution in [-0.4, -0.2) is 21.4 Å². The van der Waals surface area contributed by atoms with Gasteiger partial charge in [-0.2, -0.15) is 5.10 Å². The number of hydrogen-bond acceptors (Lipinski definition) is 2. The van der Waals surface area contributed by atoms with E-state index < -0.39 is 0 Å². The number of allylic oxidation sites excluding steroid dienone is 1. The molecule has 0 bridgehead atoms. The van der Waals surface area contributed by atoms with Gasteiger partial charge in [0, 0.05) is 23.2 Å². The number of ketones is 1. The maximum atomic E-state index is 12.0. The van der Waals surface area contributed by atoms with Crippen LogP contribution in [0.25, 0.3) is 6.08 Å². The predicted octanol–water partition coefficient (Wildman–Crippen LogP) is 4.32. The van der Waals surface area contributed by atoms with Crippen molar-refractivity contribution >= 4 is 46.7 Å². The summed E-state index contributed by atoms with van der Waals surface area (Å²) < 4.78 is 1.72. The van der Waals surface area contributed by atoms with E-state index in [1.807, 2.05) is 6.20 Å². The van der Waals surface area contributed by atoms with Crippen LogP contribution in [0.15, 0.2) is 36.7 Å². The molecule has 0 saturated carbocycles. The lowest BCUT2D eigenvalue weighted by atomic mass is 10.1. The highest BCUT2D eigenvalue weighted by atomic mass is 35.5. The first-order valence-electron chi connectivity index (χ1n) is 5.86. The fraction of sp³-hybridized carbons (Fsp3) is 0.143. The molecular weight excluding hydrogens is 319 g/mol. The number of carbonyl (C=O) groups excluding carboxylic acids is 1. The van der Waals surface area contributed by atoms with Crippen LogP contribution in [0.2, 0.25) is 10.0 Å². The molecule has 2 aromatic rings. The van der Waals surface area contributed by atoms with Crippen LogP contribution >= 0.6 is 34.8 Å². The highest BCUT2D eigenvalue weighted by Crippen LogP contribution is 2.23. The SMILES string of the molecule is O=C(C=Cc1cnn(CCCl)c1)c1ccc(Cl)c(Cl)c1. The number of carbonyl (C=O) groups is 1. The normalized spacial score (nSPS) is 11.2. The van der Waals surface area contributed by atoms with E-state index in [1.54, 1.807) is 35.2 Å². The van der Waals surface area contributed by atoms with Gasteiger partial charge in [0.15, 0.2) is 5.78 Å². The molecule has 0 aliphatic heterocycles. The third-order valence-corrected chi connectivity index (χ3v) is 3.51. The number of hydrogen-bond donors (Lipinski definition) is 0. The molecule has 0 atom stereocenters. The molecule has 1 heterocycles. The minimum absolute atomic E-state index is 0.145. The second kappa shape index (κ2) is 6.93. The van der Waals surface area contributed by atoms with Crippen LogP contribution in [-0.2, 0) is 6.54 Å². The van der Waals surface area contributed by atoms with Crippen LogP contribution in [0.1, 0.15) is 15.9 Å². The summed E-state index contributed by atoms with van der Waals surface area (Å²) in [5.41, 5.74) is 1.33. The Labute approximate surface area is 131 Å². The van der Waals surface area contributed by atoms with Gasteiger partial charge in [0.1, 0.15) is 0 Å². The summed E-state index contributed by atoms with van der Waals surface area (Å²) in [6, 6.07) is 4.79. The van der Waals surface area contributed by atoms with Gasteiger partial charge < -0.3 is 0 Å². The van der Waals surface area contributed by atoms with E-state index in [1.165, 1.54) is 6.08 Å². The third-order valence-electron chi connectivity index (χ3n) is 2.60. The lowest BCUT2D eigenvalue weighted by molar-refractivity contribution is 0.104. The molecule has 1 aromatic heterocycles. The van der Waals surface area contributed by atoms with Crippen molar-refractivity contribution in [2.24, 2.45) is 0 Å². The maximum absolute atomic E-state index is 12.0. The average molecular weight is 330 g/mol. The van der Waals surface area contributed by atoms with Crippen molar-refractivity contribution in [1.29, 1.82) is 0 Å². The molecule has 20 heavy (non-hydrogen) atoms. The van der Waals surface area contributed by atoms with Gasteiger partial charge in [-0.05, 0) is 30.4 Å². The standard InChI is InChI=1S/C14H11Cl3N2O/c15-5-6-19-9-10(8-18-19)1-4-14(20)11-2-3-12(16)13(17)7-11/h1-4,7-9H,5-6H2. The van der Waals surface area contributed by atoms with Gasteiger partial charge in [0.05, 0.1) is 22.8 Å². The van der Waals surface area contributed by atoms with E-state index in [-0.39, 0.29) is 5.78 Å². The van der Waals surface area contributed by atoms with Gasteiger partial charge in [-0.25, -0.2) is 0 Å². The smallest absolute Gasteiger partial charge is 0.185 e. The summed E-state index contributed by atoms with van der Waals surface area (Å²) in [7, 11) is 0. The molecule has 2 rings (SSSR count). The van der Waals surface area contributed by atoms with Gasteiger partial charge >= 0.3 is 0 Å². The van der Waals surface area contributed by atoms with Crippen molar-refractivity contribution in [3.8, 4) is 0 Å². The van der Waals surface area contributed by atoms with Crippen molar-refractivity contribution in [2.75, 3.05) is 5.88 Å². The lowest BCUT2D eigenvalue weighted by Gasteiger charge is -1.98. The van der Waals surface area contributed by atoms with Crippen LogP contribution in [0.5, 0.6) is 0 Å². The van der Waals surface area contributed by atoms with E-state index in [4.69, 9.17) is 34.8 Å². The summed E-state index contributed by atoms with van der Waals surface area (Å²) in [5.74, 6) is 0.348. The third kappa shape index (κ3) is 3.85. The van der Waals surface area contributed by atoms with Gasteiger partial charge in [-0.3, -0.25) is 9.48 Å². The number of aromatic nitrogens is 2. The number of alkyl halides is 1. The second-order valence-electron chi connectivity index (χ2n) is 4.05. The fourth-order valence-electron chi connectivity index (χ4n) is 1.59. The molecule has 6 heteroatoms. The van der Waals surface area contributed by atoms with Crippen molar-refractivity contribution in [3.05, 3.63) is 57.8 Å². The number of nitrogens with zero attached hydrogens (tertiary/aromatic N) is 2. The summed E-state index contributed by atoms with van der Waals surface area (Å²) >= 11 is 17.3. The topological polar surface area (TPSA) is 34.9 Å². The molecule has 0 spiro atoms. The van der Waals surface area contributed by atoms with Crippen LogP contribution in [0.3, 0.4) is 0 Å². The highest BCUT2D eigenvalue weighted by Gasteiger charge is 2.05. The maximum Gasteiger partial charge on any atom is 0.185 e. The molecular formula is C14H11Cl3N2O. The Morgan fingerprint density at radius 2 is 2.10 bits per heavy atom. The average Bonchev–Trinajstić information content (AvgIpc) is 2.87. The monoisotopic (exact) mass is 328 g/mol. The van der Waals surface area contributed by atoms with E-state index in [2.05, 4.69) is 5.10 Å². The van der Waals surface area contributed by atoms with Crippen molar-refractivity contribution in [2.45, 2.75) is 6.54 Å². The Balaban J connectivity index is 2.09. The molecule has 0 saturated heterocycles. The van der Waals surface area contributed by atoms with E-state index in [9.17, 15) is 4.79 Å². The Kier molecular flexibility index (Phi) is 5.24. The molecule has 0 unspecified atom stereocenters. The first-order chi connectivity index (χ1) is 9.60. The summed E-state index contributed by atoms with van der Waals surface area (Å²) in [5, 5.41) is 4.90. The zero-order chi connectivity index (χ0) is 14.5. The van der Waals surface area contributed by atoms with Crippen LogP contribution < -0.4 is 0 Å². The number of benzene rings is 1. The Morgan fingerprint density at radius 1 is 1.30 bits per heavy atom. The number of aryl methyl sites for hydroxylation is 1. The van der Waals surface area contributed by atoms with Crippen molar-refractivity contribution in [3.63, 3.8) is 0 Å². The fourth-order valence-corrected chi connectivity index (χ4v) is 2.06. The summed E-state index contributed by atoms with van der Waals surface area (Å²) in [4.78, 5) is 12.0. The first-order valence-corrected chi connectivity index (χ1v) is 7.15. The molecule has 0 aliphatic rings. The molecule has 0 fully saturated rings. The Morgan fingerprint density at radius 3 is 2.80 bits per heavy atom. The summed E-state index contributed by atoms with van der Waals surface area (Å²) in [6.07, 6.45) is 6.66. The minimum Gasteiger partial charge on any atom is -0.289 e. The number of rotatable bonds is 5. The Hall–Kier alpha value is -1.29. The van der Waals surface area contributed by atoms with Crippen molar-refractivity contribution in [1.82, 2.24) is 9.78 Å². The molecule has 0 radical (unpaired) electrons. The molecule has 0 aliphatic carbocycles. The van der Waals surface area contributed by atoms with E-state index >= 15 is 0 Å². The van der Waals surface area contributed by atoms with Crippen molar-refractivity contribution < 1.29 is 4.79 Å². The quantitative estimate of drug-likeness (QED) is 0.465. The van der Waals surface area contributed by atoms with Gasteiger partial charge in [-0.1, -0.05) is 23.2 Å². The molecule has 3 nitrogen and oxygen atoms in total. The van der Waals surface area contributed by atoms with Gasteiger partial charge in [0.2, 0.25) is 0 Å². The minimum atomic E-state index is -0.145. The van der Waals surface area contributed by atoms with E-state index in [0.717, 1.165) is 5.56 Å². The highest BCUT2D eigenvalue weighted by molar-refractivity contribution is 6.42. The number of halogens is 3. The van der Waals surface area contributed by atoms with Gasteiger partial charge in [0.25, 0.3) is 0 Å². The molecule has 1 aromatic carbocycles. The van der Waals surface area contributed by atoms with Gasteiger partial charge in [-0.15, -0.1) is 11.6 Å². The predicted molar refractivity (Wildman–Crippen MR) is 82.8 cm³/mol. The van der Waals surface area contributed by atoms with E-state index in [0.29, 0.717) is 28.0 Å². The summed E-state index contributed by atoms with van der Waals surface area (Å²) in [6.45, 7) is 0.635. The molecule has 0 amide bonds. The van der Waals surface area contributed by atoms with Crippen LogP contribution in [0, 0.1) is 0 Å². The zero-order valence-electron chi connectivity index (χ0n) is 10.4. The van der Waals surface area contributed by atoms with Crippen LogP contribution in [0.4, 0.5) is 0 Å². The Bertz CT molecular complexity index is 650. The molecule has 104 valence electrons. The lowest BCUT2D eigenvalue weighted by Crippen LogP contribution is -1.98. The second-order valence-corrected chi connectivity index (χ2v) is 5.24. The zero-order valence-corrected chi connectivity index (χ0v) is 12.7. The largest absolute Gasteiger partial charge is 0.289 e.